The predicted molar refractivity (Wildman–Crippen MR) is 70.0 cm³/mol. The van der Waals surface area contributed by atoms with Crippen molar-refractivity contribution in [1.29, 1.82) is 0 Å². The average molecular weight is 282 g/mol. The Labute approximate surface area is 114 Å². The highest BCUT2D eigenvalue weighted by Gasteiger charge is 2.20. The van der Waals surface area contributed by atoms with E-state index in [1.54, 1.807) is 31.3 Å². The van der Waals surface area contributed by atoms with Crippen molar-refractivity contribution in [1.82, 2.24) is 9.55 Å². The van der Waals surface area contributed by atoms with Crippen LogP contribution in [0.3, 0.4) is 0 Å². The number of benzene rings is 1. The molecule has 0 amide bonds. The molecular formula is C12H12ClN3O3. The zero-order valence-corrected chi connectivity index (χ0v) is 10.9. The van der Waals surface area contributed by atoms with Crippen LogP contribution in [0.5, 0.6) is 0 Å². The topological polar surface area (TPSA) is 81.2 Å². The van der Waals surface area contributed by atoms with Crippen LogP contribution in [-0.4, -0.2) is 19.6 Å². The third-order valence-corrected chi connectivity index (χ3v) is 3.13. The molecule has 2 rings (SSSR count). The molecule has 0 aliphatic heterocycles. The molecule has 1 N–H and O–H groups in total. The third kappa shape index (κ3) is 2.91. The number of hydrogen-bond donors (Lipinski definition) is 1. The molecule has 7 heteroatoms. The molecule has 0 fully saturated rings. The van der Waals surface area contributed by atoms with Gasteiger partial charge in [0.25, 0.3) is 0 Å². The fourth-order valence-electron chi connectivity index (χ4n) is 1.77. The number of halogens is 1. The first-order valence-corrected chi connectivity index (χ1v) is 5.95. The van der Waals surface area contributed by atoms with Gasteiger partial charge in [0.15, 0.2) is 5.82 Å². The highest BCUT2D eigenvalue weighted by molar-refractivity contribution is 6.30. The Hall–Kier alpha value is -1.92. The van der Waals surface area contributed by atoms with Gasteiger partial charge in [0, 0.05) is 5.02 Å². The Morgan fingerprint density at radius 2 is 2.11 bits per heavy atom. The molecule has 1 aromatic carbocycles. The maximum atomic E-state index is 10.7. The number of aliphatic hydroxyl groups is 1. The molecule has 19 heavy (non-hydrogen) atoms. The summed E-state index contributed by atoms with van der Waals surface area (Å²) in [6.07, 6.45) is 0.605. The van der Waals surface area contributed by atoms with Gasteiger partial charge in [-0.3, -0.25) is 0 Å². The predicted octanol–water partition coefficient (Wildman–Crippen LogP) is 2.26. The van der Waals surface area contributed by atoms with Gasteiger partial charge < -0.3 is 15.2 Å². The van der Waals surface area contributed by atoms with Gasteiger partial charge in [-0.05, 0) is 22.6 Å². The zero-order valence-electron chi connectivity index (χ0n) is 10.2. The minimum Gasteiger partial charge on any atom is -0.388 e. The highest BCUT2D eigenvalue weighted by Crippen LogP contribution is 2.21. The normalized spacial score (nSPS) is 12.4. The summed E-state index contributed by atoms with van der Waals surface area (Å²) in [4.78, 5) is 14.1. The zero-order chi connectivity index (χ0) is 14.0. The van der Waals surface area contributed by atoms with Crippen LogP contribution < -0.4 is 0 Å². The fourth-order valence-corrected chi connectivity index (χ4v) is 1.90. The average Bonchev–Trinajstić information content (AvgIpc) is 2.72. The van der Waals surface area contributed by atoms with Crippen LogP contribution in [0.1, 0.15) is 17.5 Å². The molecule has 6 nitrogen and oxygen atoms in total. The second-order valence-electron chi connectivity index (χ2n) is 4.12. The summed E-state index contributed by atoms with van der Waals surface area (Å²) < 4.78 is 1.36. The van der Waals surface area contributed by atoms with E-state index >= 15 is 0 Å². The number of aromatic nitrogens is 2. The van der Waals surface area contributed by atoms with E-state index in [4.69, 9.17) is 11.6 Å². The standard InChI is InChI=1S/C12H12ClN3O3/c1-15-11(14-7-12(15)16(18)19)6-10(17)8-2-4-9(13)5-3-8/h2-5,7,10,17H,6H2,1H3. The van der Waals surface area contributed by atoms with Crippen molar-refractivity contribution in [3.05, 3.63) is 57.0 Å². The summed E-state index contributed by atoms with van der Waals surface area (Å²) >= 11 is 5.77. The maximum absolute atomic E-state index is 10.7. The first kappa shape index (κ1) is 13.5. The van der Waals surface area contributed by atoms with Crippen LogP contribution in [0.2, 0.25) is 5.02 Å². The lowest BCUT2D eigenvalue weighted by Crippen LogP contribution is -2.08. The van der Waals surface area contributed by atoms with E-state index in [1.807, 2.05) is 0 Å². The van der Waals surface area contributed by atoms with Crippen LogP contribution in [-0.2, 0) is 13.5 Å². The molecule has 0 bridgehead atoms. The van der Waals surface area contributed by atoms with Crippen LogP contribution in [0.25, 0.3) is 0 Å². The van der Waals surface area contributed by atoms with E-state index in [0.29, 0.717) is 16.4 Å². The number of rotatable bonds is 4. The minimum absolute atomic E-state index is 0.0988. The molecule has 100 valence electrons. The largest absolute Gasteiger partial charge is 0.388 e. The fraction of sp³-hybridized carbons (Fsp3) is 0.250. The van der Waals surface area contributed by atoms with Crippen LogP contribution >= 0.6 is 11.6 Å². The first-order valence-electron chi connectivity index (χ1n) is 5.57. The van der Waals surface area contributed by atoms with Gasteiger partial charge in [-0.1, -0.05) is 23.7 Å². The summed E-state index contributed by atoms with van der Waals surface area (Å²) in [6, 6.07) is 6.79. The minimum atomic E-state index is -0.780. The summed E-state index contributed by atoms with van der Waals surface area (Å²) in [5.74, 6) is 0.354. The molecule has 1 heterocycles. The second kappa shape index (κ2) is 5.38. The molecule has 0 saturated carbocycles. The van der Waals surface area contributed by atoms with Crippen molar-refractivity contribution >= 4 is 17.4 Å². The molecule has 2 aromatic rings. The van der Waals surface area contributed by atoms with Crippen molar-refractivity contribution in [2.24, 2.45) is 7.05 Å². The molecule has 1 unspecified atom stereocenters. The molecular weight excluding hydrogens is 270 g/mol. The van der Waals surface area contributed by atoms with Crippen LogP contribution in [0, 0.1) is 10.1 Å². The van der Waals surface area contributed by atoms with Crippen molar-refractivity contribution in [3.63, 3.8) is 0 Å². The Balaban J connectivity index is 2.17. The number of hydrogen-bond acceptors (Lipinski definition) is 4. The van der Waals surface area contributed by atoms with Gasteiger partial charge in [-0.25, -0.2) is 9.55 Å². The molecule has 1 aromatic heterocycles. The lowest BCUT2D eigenvalue weighted by molar-refractivity contribution is -0.391. The Morgan fingerprint density at radius 1 is 1.47 bits per heavy atom. The van der Waals surface area contributed by atoms with Crippen molar-refractivity contribution in [2.45, 2.75) is 12.5 Å². The quantitative estimate of drug-likeness (QED) is 0.688. The molecule has 0 radical (unpaired) electrons. The summed E-state index contributed by atoms with van der Waals surface area (Å²) in [6.45, 7) is 0. The molecule has 0 spiro atoms. The van der Waals surface area contributed by atoms with E-state index < -0.39 is 11.0 Å². The van der Waals surface area contributed by atoms with Crippen LogP contribution in [0.15, 0.2) is 30.5 Å². The Morgan fingerprint density at radius 3 is 2.63 bits per heavy atom. The molecule has 0 aliphatic rings. The van der Waals surface area contributed by atoms with Crippen LogP contribution in [0.4, 0.5) is 5.82 Å². The van der Waals surface area contributed by atoms with Crippen molar-refractivity contribution < 1.29 is 10.0 Å². The number of nitro groups is 1. The SMILES string of the molecule is Cn1c([N+](=O)[O-])cnc1CC(O)c1ccc(Cl)cc1. The number of aliphatic hydroxyl groups excluding tert-OH is 1. The lowest BCUT2D eigenvalue weighted by Gasteiger charge is -2.09. The summed E-state index contributed by atoms with van der Waals surface area (Å²) in [5.41, 5.74) is 0.690. The molecule has 0 aliphatic carbocycles. The Kier molecular flexibility index (Phi) is 3.82. The van der Waals surface area contributed by atoms with E-state index in [-0.39, 0.29) is 12.2 Å². The Bertz CT molecular complexity index is 595. The number of nitrogens with zero attached hydrogens (tertiary/aromatic N) is 3. The molecule has 0 saturated heterocycles. The second-order valence-corrected chi connectivity index (χ2v) is 4.56. The van der Waals surface area contributed by atoms with E-state index in [2.05, 4.69) is 4.98 Å². The number of imidazole rings is 1. The van der Waals surface area contributed by atoms with Gasteiger partial charge in [-0.2, -0.15) is 0 Å². The van der Waals surface area contributed by atoms with E-state index in [9.17, 15) is 15.2 Å². The third-order valence-electron chi connectivity index (χ3n) is 2.88. The van der Waals surface area contributed by atoms with Crippen molar-refractivity contribution in [2.75, 3.05) is 0 Å². The van der Waals surface area contributed by atoms with Gasteiger partial charge >= 0.3 is 5.82 Å². The van der Waals surface area contributed by atoms with Gasteiger partial charge in [0.05, 0.1) is 19.6 Å². The maximum Gasteiger partial charge on any atom is 0.342 e. The van der Waals surface area contributed by atoms with Gasteiger partial charge in [0.2, 0.25) is 0 Å². The highest BCUT2D eigenvalue weighted by atomic mass is 35.5. The summed E-state index contributed by atoms with van der Waals surface area (Å²) in [5, 5.41) is 21.4. The molecule has 1 atom stereocenters. The summed E-state index contributed by atoms with van der Waals surface area (Å²) in [7, 11) is 1.55. The monoisotopic (exact) mass is 281 g/mol. The van der Waals surface area contributed by atoms with Gasteiger partial charge in [-0.15, -0.1) is 0 Å². The van der Waals surface area contributed by atoms with Gasteiger partial charge in [0.1, 0.15) is 6.20 Å². The van der Waals surface area contributed by atoms with E-state index in [0.717, 1.165) is 0 Å². The smallest absolute Gasteiger partial charge is 0.342 e. The lowest BCUT2D eigenvalue weighted by atomic mass is 10.1. The first-order chi connectivity index (χ1) is 8.99. The van der Waals surface area contributed by atoms with Crippen molar-refractivity contribution in [3.8, 4) is 0 Å². The van der Waals surface area contributed by atoms with E-state index in [1.165, 1.54) is 10.8 Å².